The lowest BCUT2D eigenvalue weighted by molar-refractivity contribution is -0.384. The van der Waals surface area contributed by atoms with Gasteiger partial charge in [-0.05, 0) is 55.0 Å². The zero-order chi connectivity index (χ0) is 23.3. The van der Waals surface area contributed by atoms with Gasteiger partial charge in [-0.2, -0.15) is 5.10 Å². The van der Waals surface area contributed by atoms with E-state index in [1.165, 1.54) is 30.3 Å². The Morgan fingerprint density at radius 2 is 1.53 bits per heavy atom. The number of hydrogen-bond acceptors (Lipinski definition) is 5. The van der Waals surface area contributed by atoms with Crippen LogP contribution in [0, 0.1) is 10.1 Å². The molecular formula is C22H16Cl2N4O4. The molecule has 0 aliphatic heterocycles. The van der Waals surface area contributed by atoms with Gasteiger partial charge in [-0.3, -0.25) is 19.7 Å². The Labute approximate surface area is 193 Å². The minimum absolute atomic E-state index is 0.105. The third-order valence-electron chi connectivity index (χ3n) is 4.40. The maximum absolute atomic E-state index is 12.4. The average molecular weight is 471 g/mol. The molecule has 3 aromatic rings. The SMILES string of the molecule is CC(=NNC(=O)c1ccc([N+](=O)[O-])cc1)c1ccc(NC(=O)c2ccc(Cl)cc2Cl)cc1. The molecule has 32 heavy (non-hydrogen) atoms. The molecule has 0 heterocycles. The summed E-state index contributed by atoms with van der Waals surface area (Å²) in [7, 11) is 0. The number of nitro groups is 1. The van der Waals surface area contributed by atoms with Crippen molar-refractivity contribution < 1.29 is 14.5 Å². The minimum Gasteiger partial charge on any atom is -0.322 e. The van der Waals surface area contributed by atoms with Gasteiger partial charge in [0.15, 0.2) is 0 Å². The van der Waals surface area contributed by atoms with Gasteiger partial charge in [0, 0.05) is 28.4 Å². The molecule has 0 aliphatic carbocycles. The largest absolute Gasteiger partial charge is 0.322 e. The van der Waals surface area contributed by atoms with Gasteiger partial charge in [-0.1, -0.05) is 35.3 Å². The zero-order valence-electron chi connectivity index (χ0n) is 16.6. The number of halogens is 2. The molecule has 10 heteroatoms. The Morgan fingerprint density at radius 1 is 0.906 bits per heavy atom. The van der Waals surface area contributed by atoms with Crippen LogP contribution < -0.4 is 10.7 Å². The Hall–Kier alpha value is -3.75. The monoisotopic (exact) mass is 470 g/mol. The summed E-state index contributed by atoms with van der Waals surface area (Å²) in [4.78, 5) is 34.7. The molecule has 0 aromatic heterocycles. The summed E-state index contributed by atoms with van der Waals surface area (Å²) < 4.78 is 0. The smallest absolute Gasteiger partial charge is 0.271 e. The van der Waals surface area contributed by atoms with E-state index in [0.29, 0.717) is 22.0 Å². The second-order valence-electron chi connectivity index (χ2n) is 6.60. The molecule has 2 N–H and O–H groups in total. The highest BCUT2D eigenvalue weighted by Gasteiger charge is 2.12. The number of nitrogens with one attached hydrogen (secondary N) is 2. The van der Waals surface area contributed by atoms with Crippen LogP contribution in [0.5, 0.6) is 0 Å². The lowest BCUT2D eigenvalue weighted by atomic mass is 10.1. The average Bonchev–Trinajstić information content (AvgIpc) is 2.77. The van der Waals surface area contributed by atoms with Gasteiger partial charge in [-0.15, -0.1) is 0 Å². The first-order chi connectivity index (χ1) is 15.2. The van der Waals surface area contributed by atoms with Gasteiger partial charge < -0.3 is 5.32 Å². The van der Waals surface area contributed by atoms with Gasteiger partial charge in [0.05, 0.1) is 21.2 Å². The van der Waals surface area contributed by atoms with E-state index in [4.69, 9.17) is 23.2 Å². The lowest BCUT2D eigenvalue weighted by Gasteiger charge is -2.08. The summed E-state index contributed by atoms with van der Waals surface area (Å²) >= 11 is 11.9. The summed E-state index contributed by atoms with van der Waals surface area (Å²) in [5.74, 6) is -0.872. The van der Waals surface area contributed by atoms with E-state index in [0.717, 1.165) is 5.56 Å². The fraction of sp³-hybridized carbons (Fsp3) is 0.0455. The van der Waals surface area contributed by atoms with E-state index in [-0.39, 0.29) is 22.2 Å². The summed E-state index contributed by atoms with van der Waals surface area (Å²) in [5.41, 5.74) is 4.64. The number of nitro benzene ring substituents is 1. The third-order valence-corrected chi connectivity index (χ3v) is 4.95. The molecule has 3 aromatic carbocycles. The van der Waals surface area contributed by atoms with E-state index in [1.807, 2.05) is 0 Å². The molecule has 3 rings (SSSR count). The number of nitrogens with zero attached hydrogens (tertiary/aromatic N) is 2. The zero-order valence-corrected chi connectivity index (χ0v) is 18.1. The molecule has 0 fully saturated rings. The summed E-state index contributed by atoms with van der Waals surface area (Å²) in [6.45, 7) is 1.71. The lowest BCUT2D eigenvalue weighted by Crippen LogP contribution is -2.19. The Kier molecular flexibility index (Phi) is 7.19. The van der Waals surface area contributed by atoms with Crippen LogP contribution in [0.1, 0.15) is 33.2 Å². The number of non-ortho nitro benzene ring substituents is 1. The molecule has 0 radical (unpaired) electrons. The minimum atomic E-state index is -0.542. The van der Waals surface area contributed by atoms with Crippen molar-refractivity contribution in [2.24, 2.45) is 5.10 Å². The molecule has 0 saturated carbocycles. The fourth-order valence-electron chi connectivity index (χ4n) is 2.67. The first-order valence-corrected chi connectivity index (χ1v) is 9.96. The van der Waals surface area contributed by atoms with Crippen molar-refractivity contribution >= 4 is 52.1 Å². The quantitative estimate of drug-likeness (QED) is 0.288. The highest BCUT2D eigenvalue weighted by molar-refractivity contribution is 6.37. The first-order valence-electron chi connectivity index (χ1n) is 9.20. The number of carbonyl (C=O) groups is 2. The number of hydrazone groups is 1. The first kappa shape index (κ1) is 22.9. The van der Waals surface area contributed by atoms with Gasteiger partial charge in [0.2, 0.25) is 0 Å². The van der Waals surface area contributed by atoms with Crippen molar-refractivity contribution in [1.29, 1.82) is 0 Å². The van der Waals surface area contributed by atoms with Crippen LogP contribution >= 0.6 is 23.2 Å². The molecule has 0 spiro atoms. The molecule has 0 aliphatic rings. The second kappa shape index (κ2) is 10.0. The van der Waals surface area contributed by atoms with Crippen molar-refractivity contribution in [3.63, 3.8) is 0 Å². The van der Waals surface area contributed by atoms with Crippen molar-refractivity contribution in [3.8, 4) is 0 Å². The molecule has 8 nitrogen and oxygen atoms in total. The number of hydrogen-bond donors (Lipinski definition) is 2. The van der Waals surface area contributed by atoms with Crippen molar-refractivity contribution in [1.82, 2.24) is 5.43 Å². The Bertz CT molecular complexity index is 1210. The van der Waals surface area contributed by atoms with Crippen molar-refractivity contribution in [2.75, 3.05) is 5.32 Å². The number of benzene rings is 3. The molecule has 2 amide bonds. The normalized spacial score (nSPS) is 11.0. The number of amides is 2. The summed E-state index contributed by atoms with van der Waals surface area (Å²) in [5, 5.41) is 18.2. The van der Waals surface area contributed by atoms with E-state index in [9.17, 15) is 19.7 Å². The molecule has 162 valence electrons. The summed E-state index contributed by atoms with van der Waals surface area (Å²) in [6.07, 6.45) is 0. The maximum atomic E-state index is 12.4. The van der Waals surface area contributed by atoms with Gasteiger partial charge in [0.1, 0.15) is 0 Å². The number of rotatable bonds is 6. The summed E-state index contributed by atoms with van der Waals surface area (Å²) in [6, 6.07) is 16.6. The Balaban J connectivity index is 1.63. The van der Waals surface area contributed by atoms with Crippen molar-refractivity contribution in [3.05, 3.63) is 104 Å². The van der Waals surface area contributed by atoms with E-state index >= 15 is 0 Å². The number of carbonyl (C=O) groups excluding carboxylic acids is 2. The third kappa shape index (κ3) is 5.69. The van der Waals surface area contributed by atoms with E-state index in [2.05, 4.69) is 15.8 Å². The van der Waals surface area contributed by atoms with Crippen LogP contribution in [-0.4, -0.2) is 22.4 Å². The maximum Gasteiger partial charge on any atom is 0.271 e. The number of anilines is 1. The Morgan fingerprint density at radius 3 is 2.12 bits per heavy atom. The highest BCUT2D eigenvalue weighted by atomic mass is 35.5. The highest BCUT2D eigenvalue weighted by Crippen LogP contribution is 2.22. The van der Waals surface area contributed by atoms with Crippen LogP contribution in [0.4, 0.5) is 11.4 Å². The van der Waals surface area contributed by atoms with E-state index < -0.39 is 10.8 Å². The van der Waals surface area contributed by atoms with E-state index in [1.54, 1.807) is 43.3 Å². The van der Waals surface area contributed by atoms with Gasteiger partial charge in [0.25, 0.3) is 17.5 Å². The van der Waals surface area contributed by atoms with Crippen LogP contribution in [0.15, 0.2) is 71.8 Å². The second-order valence-corrected chi connectivity index (χ2v) is 7.44. The van der Waals surface area contributed by atoms with Crippen LogP contribution in [-0.2, 0) is 0 Å². The molecule has 0 saturated heterocycles. The van der Waals surface area contributed by atoms with Gasteiger partial charge >= 0.3 is 0 Å². The van der Waals surface area contributed by atoms with Crippen molar-refractivity contribution in [2.45, 2.75) is 6.92 Å². The predicted molar refractivity (Wildman–Crippen MR) is 124 cm³/mol. The van der Waals surface area contributed by atoms with Gasteiger partial charge in [-0.25, -0.2) is 5.43 Å². The standard InChI is InChI=1S/C22H16Cl2N4O4/c1-13(26-27-21(29)15-4-9-18(10-5-15)28(31)32)14-2-7-17(8-3-14)25-22(30)19-11-6-16(23)12-20(19)24/h2-12H,1H3,(H,25,30)(H,27,29). The van der Waals surface area contributed by atoms with Crippen LogP contribution in [0.3, 0.4) is 0 Å². The fourth-order valence-corrected chi connectivity index (χ4v) is 3.16. The van der Waals surface area contributed by atoms with Crippen LogP contribution in [0.25, 0.3) is 0 Å². The molecule has 0 atom stereocenters. The molecule has 0 unspecified atom stereocenters. The topological polar surface area (TPSA) is 114 Å². The predicted octanol–water partition coefficient (Wildman–Crippen LogP) is 5.31. The van der Waals surface area contributed by atoms with Crippen LogP contribution in [0.2, 0.25) is 10.0 Å². The molecular weight excluding hydrogens is 455 g/mol. The molecule has 0 bridgehead atoms.